The summed E-state index contributed by atoms with van der Waals surface area (Å²) in [5.41, 5.74) is 0.609. The van der Waals surface area contributed by atoms with E-state index in [1.54, 1.807) is 25.2 Å². The fraction of sp³-hybridized carbons (Fsp3) is 0.600. The van der Waals surface area contributed by atoms with Crippen molar-refractivity contribution in [3.8, 4) is 0 Å². The molecule has 2 aliphatic rings. The van der Waals surface area contributed by atoms with E-state index in [1.165, 1.54) is 0 Å². The first-order valence-corrected chi connectivity index (χ1v) is 7.17. The normalized spacial score (nSPS) is 28.6. The molecule has 1 amide bonds. The molecule has 3 rings (SSSR count). The van der Waals surface area contributed by atoms with E-state index in [0.29, 0.717) is 17.4 Å². The molecule has 1 aromatic rings. The first kappa shape index (κ1) is 13.4. The average molecular weight is 275 g/mol. The molecule has 0 radical (unpaired) electrons. The van der Waals surface area contributed by atoms with Gasteiger partial charge < -0.3 is 14.9 Å². The average Bonchev–Trinajstić information content (AvgIpc) is 3.01. The molecule has 1 aromatic heterocycles. The van der Waals surface area contributed by atoms with Crippen LogP contribution in [0.5, 0.6) is 0 Å². The summed E-state index contributed by atoms with van der Waals surface area (Å²) < 4.78 is 0. The maximum atomic E-state index is 11.8. The highest BCUT2D eigenvalue weighted by molar-refractivity contribution is 5.93. The molecule has 5 nitrogen and oxygen atoms in total. The molecular formula is C15H21N3O2. The molecule has 1 saturated heterocycles. The SMILES string of the molecule is CN(C)C(=O)c1ccc(N2CC3CCC(O)C3C2)nc1. The minimum Gasteiger partial charge on any atom is -0.393 e. The van der Waals surface area contributed by atoms with Gasteiger partial charge in [-0.25, -0.2) is 4.98 Å². The lowest BCUT2D eigenvalue weighted by Crippen LogP contribution is -2.25. The van der Waals surface area contributed by atoms with E-state index in [0.717, 1.165) is 31.7 Å². The lowest BCUT2D eigenvalue weighted by Gasteiger charge is -2.19. The van der Waals surface area contributed by atoms with Crippen LogP contribution in [0.25, 0.3) is 0 Å². The second-order valence-corrected chi connectivity index (χ2v) is 6.08. The summed E-state index contributed by atoms with van der Waals surface area (Å²) in [5.74, 6) is 1.86. The van der Waals surface area contributed by atoms with Crippen molar-refractivity contribution in [2.75, 3.05) is 32.1 Å². The second kappa shape index (κ2) is 5.05. The van der Waals surface area contributed by atoms with Gasteiger partial charge in [0.05, 0.1) is 11.7 Å². The van der Waals surface area contributed by atoms with Crippen molar-refractivity contribution >= 4 is 11.7 Å². The summed E-state index contributed by atoms with van der Waals surface area (Å²) in [6.07, 6.45) is 3.54. The van der Waals surface area contributed by atoms with Crippen molar-refractivity contribution in [1.29, 1.82) is 0 Å². The van der Waals surface area contributed by atoms with Crippen LogP contribution in [-0.4, -0.2) is 54.2 Å². The number of nitrogens with zero attached hydrogens (tertiary/aromatic N) is 3. The minimum absolute atomic E-state index is 0.0298. The quantitative estimate of drug-likeness (QED) is 0.874. The zero-order valence-corrected chi connectivity index (χ0v) is 12.0. The number of pyridine rings is 1. The largest absolute Gasteiger partial charge is 0.393 e. The second-order valence-electron chi connectivity index (χ2n) is 6.08. The Morgan fingerprint density at radius 2 is 2.15 bits per heavy atom. The molecule has 1 saturated carbocycles. The van der Waals surface area contributed by atoms with Gasteiger partial charge in [0.1, 0.15) is 5.82 Å². The highest BCUT2D eigenvalue weighted by atomic mass is 16.3. The predicted molar refractivity (Wildman–Crippen MR) is 76.7 cm³/mol. The Balaban J connectivity index is 1.71. The van der Waals surface area contributed by atoms with Crippen molar-refractivity contribution in [3.63, 3.8) is 0 Å². The third-order valence-electron chi connectivity index (χ3n) is 4.54. The standard InChI is InChI=1S/C15H21N3O2/c1-17(2)15(20)10-4-6-14(16-7-10)18-8-11-3-5-13(19)12(11)9-18/h4,6-7,11-13,19H,3,5,8-9H2,1-2H3. The third kappa shape index (κ3) is 2.26. The number of carbonyl (C=O) groups excluding carboxylic acids is 1. The van der Waals surface area contributed by atoms with Crippen LogP contribution in [0, 0.1) is 11.8 Å². The van der Waals surface area contributed by atoms with Gasteiger partial charge in [0.2, 0.25) is 0 Å². The topological polar surface area (TPSA) is 56.7 Å². The fourth-order valence-corrected chi connectivity index (χ4v) is 3.38. The van der Waals surface area contributed by atoms with Gasteiger partial charge in [0, 0.05) is 39.3 Å². The number of aliphatic hydroxyl groups is 1. The maximum Gasteiger partial charge on any atom is 0.254 e. The number of hydrogen-bond acceptors (Lipinski definition) is 4. The summed E-state index contributed by atoms with van der Waals surface area (Å²) in [6, 6.07) is 3.74. The number of aromatic nitrogens is 1. The van der Waals surface area contributed by atoms with Crippen LogP contribution in [-0.2, 0) is 0 Å². The molecule has 2 heterocycles. The van der Waals surface area contributed by atoms with E-state index in [1.807, 2.05) is 12.1 Å². The Kier molecular flexibility index (Phi) is 3.38. The molecule has 2 fully saturated rings. The fourth-order valence-electron chi connectivity index (χ4n) is 3.38. The van der Waals surface area contributed by atoms with Gasteiger partial charge >= 0.3 is 0 Å². The zero-order chi connectivity index (χ0) is 14.3. The van der Waals surface area contributed by atoms with Gasteiger partial charge in [-0.15, -0.1) is 0 Å². The monoisotopic (exact) mass is 275 g/mol. The Morgan fingerprint density at radius 1 is 1.35 bits per heavy atom. The van der Waals surface area contributed by atoms with E-state index < -0.39 is 0 Å². The summed E-state index contributed by atoms with van der Waals surface area (Å²) in [4.78, 5) is 20.0. The van der Waals surface area contributed by atoms with Crippen LogP contribution in [0.1, 0.15) is 23.2 Å². The molecule has 1 aliphatic carbocycles. The van der Waals surface area contributed by atoms with Crippen LogP contribution in [0.15, 0.2) is 18.3 Å². The predicted octanol–water partition coefficient (Wildman–Crippen LogP) is 0.990. The van der Waals surface area contributed by atoms with Crippen LogP contribution in [0.2, 0.25) is 0 Å². The molecule has 3 unspecified atom stereocenters. The highest BCUT2D eigenvalue weighted by Crippen LogP contribution is 2.39. The van der Waals surface area contributed by atoms with Crippen LogP contribution in [0.3, 0.4) is 0 Å². The van der Waals surface area contributed by atoms with E-state index in [-0.39, 0.29) is 12.0 Å². The molecule has 1 aliphatic heterocycles. The lowest BCUT2D eigenvalue weighted by atomic mass is 10.00. The number of hydrogen-bond donors (Lipinski definition) is 1. The summed E-state index contributed by atoms with van der Waals surface area (Å²) in [6.45, 7) is 1.84. The molecule has 1 N–H and O–H groups in total. The van der Waals surface area contributed by atoms with E-state index in [9.17, 15) is 9.90 Å². The molecule has 0 bridgehead atoms. The molecule has 0 aromatic carbocycles. The Bertz CT molecular complexity index is 500. The van der Waals surface area contributed by atoms with Gasteiger partial charge in [-0.2, -0.15) is 0 Å². The van der Waals surface area contributed by atoms with Crippen LogP contribution >= 0.6 is 0 Å². The Hall–Kier alpha value is -1.62. The molecular weight excluding hydrogens is 254 g/mol. The summed E-state index contributed by atoms with van der Waals surface area (Å²) >= 11 is 0. The number of aliphatic hydroxyl groups excluding tert-OH is 1. The summed E-state index contributed by atoms with van der Waals surface area (Å²) in [7, 11) is 3.47. The first-order chi connectivity index (χ1) is 9.56. The first-order valence-electron chi connectivity index (χ1n) is 7.17. The van der Waals surface area contributed by atoms with Gasteiger partial charge in [-0.3, -0.25) is 4.79 Å². The summed E-state index contributed by atoms with van der Waals surface area (Å²) in [5, 5.41) is 9.94. The van der Waals surface area contributed by atoms with Gasteiger partial charge in [0.15, 0.2) is 0 Å². The van der Waals surface area contributed by atoms with Crippen molar-refractivity contribution in [3.05, 3.63) is 23.9 Å². The highest BCUT2D eigenvalue weighted by Gasteiger charge is 2.42. The van der Waals surface area contributed by atoms with Crippen LogP contribution < -0.4 is 4.90 Å². The van der Waals surface area contributed by atoms with E-state index >= 15 is 0 Å². The Morgan fingerprint density at radius 3 is 2.75 bits per heavy atom. The maximum absolute atomic E-state index is 11.8. The smallest absolute Gasteiger partial charge is 0.254 e. The van der Waals surface area contributed by atoms with Crippen molar-refractivity contribution < 1.29 is 9.90 Å². The third-order valence-corrected chi connectivity index (χ3v) is 4.54. The zero-order valence-electron chi connectivity index (χ0n) is 12.0. The van der Waals surface area contributed by atoms with E-state index in [4.69, 9.17) is 0 Å². The minimum atomic E-state index is -0.153. The van der Waals surface area contributed by atoms with Gasteiger partial charge in [0.25, 0.3) is 5.91 Å². The molecule has 5 heteroatoms. The number of anilines is 1. The Labute approximate surface area is 119 Å². The van der Waals surface area contributed by atoms with Crippen molar-refractivity contribution in [2.24, 2.45) is 11.8 Å². The number of amides is 1. The number of carbonyl (C=O) groups is 1. The molecule has 0 spiro atoms. The lowest BCUT2D eigenvalue weighted by molar-refractivity contribution is 0.0827. The van der Waals surface area contributed by atoms with Crippen molar-refractivity contribution in [1.82, 2.24) is 9.88 Å². The van der Waals surface area contributed by atoms with Crippen molar-refractivity contribution in [2.45, 2.75) is 18.9 Å². The van der Waals surface area contributed by atoms with Crippen LogP contribution in [0.4, 0.5) is 5.82 Å². The number of fused-ring (bicyclic) bond motifs is 1. The van der Waals surface area contributed by atoms with Gasteiger partial charge in [-0.05, 0) is 30.9 Å². The number of rotatable bonds is 2. The van der Waals surface area contributed by atoms with E-state index in [2.05, 4.69) is 9.88 Å². The molecule has 3 atom stereocenters. The van der Waals surface area contributed by atoms with Gasteiger partial charge in [-0.1, -0.05) is 0 Å². The molecule has 108 valence electrons. The molecule has 20 heavy (non-hydrogen) atoms.